The van der Waals surface area contributed by atoms with Gasteiger partial charge in [0.2, 0.25) is 0 Å². The van der Waals surface area contributed by atoms with E-state index in [1.165, 1.54) is 12.1 Å². The fourth-order valence-electron chi connectivity index (χ4n) is 6.81. The maximum Gasteiger partial charge on any atom is 0.257 e. The number of amides is 1. The van der Waals surface area contributed by atoms with Crippen LogP contribution in [0.25, 0.3) is 11.1 Å². The molecule has 4 aromatic rings. The smallest absolute Gasteiger partial charge is 0.257 e. The number of halogens is 2. The summed E-state index contributed by atoms with van der Waals surface area (Å²) in [5, 5.41) is 10.1. The van der Waals surface area contributed by atoms with Crippen LogP contribution >= 0.6 is 0 Å². The molecule has 238 valence electrons. The number of anilines is 1. The van der Waals surface area contributed by atoms with Crippen molar-refractivity contribution in [2.75, 3.05) is 51.3 Å². The number of H-pyrrole nitrogens is 1. The number of benzene rings is 3. The summed E-state index contributed by atoms with van der Waals surface area (Å²) < 4.78 is 33.8. The lowest BCUT2D eigenvalue weighted by Gasteiger charge is -2.34. The zero-order valence-corrected chi connectivity index (χ0v) is 26.0. The molecule has 3 aromatic carbocycles. The van der Waals surface area contributed by atoms with E-state index in [1.807, 2.05) is 18.2 Å². The van der Waals surface area contributed by atoms with E-state index >= 15 is 0 Å². The molecule has 2 N–H and O–H groups in total. The molecule has 1 aromatic heterocycles. The van der Waals surface area contributed by atoms with Gasteiger partial charge in [-0.25, -0.2) is 8.78 Å². The van der Waals surface area contributed by atoms with E-state index in [0.29, 0.717) is 35.8 Å². The molecule has 1 amide bonds. The van der Waals surface area contributed by atoms with E-state index in [4.69, 9.17) is 9.73 Å². The number of aliphatic imine (C=N–C) groups is 1. The Morgan fingerprint density at radius 1 is 0.978 bits per heavy atom. The number of aromatic amines is 1. The van der Waals surface area contributed by atoms with Crippen molar-refractivity contribution in [2.24, 2.45) is 10.9 Å². The summed E-state index contributed by atoms with van der Waals surface area (Å²) >= 11 is 0. The molecule has 3 aliphatic rings. The number of rotatable bonds is 7. The van der Waals surface area contributed by atoms with Crippen LogP contribution in [0.15, 0.2) is 65.9 Å². The van der Waals surface area contributed by atoms with Crippen LogP contribution < -0.4 is 10.2 Å². The zero-order chi connectivity index (χ0) is 31.6. The first-order valence-electron chi connectivity index (χ1n) is 16.0. The predicted octanol–water partition coefficient (Wildman–Crippen LogP) is 5.36. The SMILES string of the molecule is CN1CCN(c2ccc(C(=O)NC3=NCc4cc(-c5cn[nH]c5)c(Cc5cc(F)cc(F)c5)cc43)c(CC3CCOCC3)c2)CC1. The molecule has 0 bridgehead atoms. The van der Waals surface area contributed by atoms with Gasteiger partial charge in [-0.2, -0.15) is 5.10 Å². The Kier molecular flexibility index (Phi) is 8.64. The normalized spacial score (nSPS) is 17.2. The molecule has 46 heavy (non-hydrogen) atoms. The molecule has 2 saturated heterocycles. The molecule has 0 radical (unpaired) electrons. The van der Waals surface area contributed by atoms with E-state index in [-0.39, 0.29) is 5.91 Å². The minimum atomic E-state index is -0.620. The summed E-state index contributed by atoms with van der Waals surface area (Å²) in [4.78, 5) is 23.4. The molecule has 0 atom stereocenters. The summed E-state index contributed by atoms with van der Waals surface area (Å²) in [6.07, 6.45) is 6.60. The summed E-state index contributed by atoms with van der Waals surface area (Å²) in [5.74, 6) is -0.461. The zero-order valence-electron chi connectivity index (χ0n) is 26.0. The number of piperazine rings is 1. The van der Waals surface area contributed by atoms with Crippen molar-refractivity contribution in [3.63, 3.8) is 0 Å². The maximum absolute atomic E-state index is 14.1. The van der Waals surface area contributed by atoms with Crippen molar-refractivity contribution < 1.29 is 18.3 Å². The number of ether oxygens (including phenoxy) is 1. The van der Waals surface area contributed by atoms with Gasteiger partial charge in [0.25, 0.3) is 5.91 Å². The third-order valence-corrected chi connectivity index (χ3v) is 9.40. The van der Waals surface area contributed by atoms with E-state index in [1.54, 1.807) is 12.4 Å². The molecule has 2 fully saturated rings. The molecule has 0 saturated carbocycles. The van der Waals surface area contributed by atoms with Gasteiger partial charge >= 0.3 is 0 Å². The van der Waals surface area contributed by atoms with Crippen LogP contribution in [0.3, 0.4) is 0 Å². The highest BCUT2D eigenvalue weighted by atomic mass is 19.1. The van der Waals surface area contributed by atoms with Gasteiger partial charge in [0.1, 0.15) is 17.5 Å². The molecule has 0 aliphatic carbocycles. The number of aromatic nitrogens is 2. The Labute approximate surface area is 267 Å². The van der Waals surface area contributed by atoms with E-state index in [0.717, 1.165) is 104 Å². The van der Waals surface area contributed by atoms with Gasteiger partial charge in [0.05, 0.1) is 12.7 Å². The average Bonchev–Trinajstić information content (AvgIpc) is 3.72. The second kappa shape index (κ2) is 13.1. The summed E-state index contributed by atoms with van der Waals surface area (Å²) in [7, 11) is 2.15. The van der Waals surface area contributed by atoms with Gasteiger partial charge in [-0.05, 0) is 109 Å². The van der Waals surface area contributed by atoms with Gasteiger partial charge in [0.15, 0.2) is 0 Å². The van der Waals surface area contributed by atoms with Crippen LogP contribution in [0.1, 0.15) is 51.0 Å². The first-order chi connectivity index (χ1) is 22.4. The van der Waals surface area contributed by atoms with Crippen LogP contribution in [0.4, 0.5) is 14.5 Å². The standard InChI is InChI=1S/C36H38F2N6O2/c1-43-6-8-44(9-7-43)31-2-3-32(25(16-31)12-23-4-10-46-11-5-23)36(45)42-35-34-17-26(13-24-14-29(37)19-30(38)15-24)33(18-27(34)20-39-35)28-21-40-41-22-28/h2-3,14-19,21-23H,4-13,20H2,1H3,(H,40,41)(H,39,42,45). The van der Waals surface area contributed by atoms with Crippen molar-refractivity contribution in [2.45, 2.75) is 32.2 Å². The monoisotopic (exact) mass is 624 g/mol. The summed E-state index contributed by atoms with van der Waals surface area (Å²) in [6, 6.07) is 13.8. The number of nitrogens with zero attached hydrogens (tertiary/aromatic N) is 4. The van der Waals surface area contributed by atoms with Gasteiger partial charge < -0.3 is 19.9 Å². The highest BCUT2D eigenvalue weighted by Gasteiger charge is 2.25. The van der Waals surface area contributed by atoms with E-state index in [9.17, 15) is 13.6 Å². The Balaban J connectivity index is 1.18. The van der Waals surface area contributed by atoms with Crippen LogP contribution in [0.5, 0.6) is 0 Å². The highest BCUT2D eigenvalue weighted by Crippen LogP contribution is 2.32. The third kappa shape index (κ3) is 6.59. The van der Waals surface area contributed by atoms with Gasteiger partial charge in [-0.1, -0.05) is 0 Å². The largest absolute Gasteiger partial charge is 0.381 e. The average molecular weight is 625 g/mol. The summed E-state index contributed by atoms with van der Waals surface area (Å²) in [5.41, 5.74) is 7.77. The van der Waals surface area contributed by atoms with E-state index < -0.39 is 11.6 Å². The molecule has 8 nitrogen and oxygen atoms in total. The number of hydrogen-bond donors (Lipinski definition) is 2. The van der Waals surface area contributed by atoms with Gasteiger partial charge in [-0.15, -0.1) is 0 Å². The molecular weight excluding hydrogens is 586 g/mol. The predicted molar refractivity (Wildman–Crippen MR) is 174 cm³/mol. The van der Waals surface area contributed by atoms with Crippen molar-refractivity contribution in [1.82, 2.24) is 20.4 Å². The maximum atomic E-state index is 14.1. The van der Waals surface area contributed by atoms with Gasteiger partial charge in [0, 0.05) is 74.0 Å². The Hall–Kier alpha value is -4.41. The van der Waals surface area contributed by atoms with Gasteiger partial charge in [-0.3, -0.25) is 14.9 Å². The molecule has 7 rings (SSSR count). The second-order valence-electron chi connectivity index (χ2n) is 12.6. The Morgan fingerprint density at radius 2 is 1.76 bits per heavy atom. The molecule has 4 heterocycles. The lowest BCUT2D eigenvalue weighted by molar-refractivity contribution is 0.0664. The Bertz CT molecular complexity index is 1740. The Morgan fingerprint density at radius 3 is 2.50 bits per heavy atom. The lowest BCUT2D eigenvalue weighted by Crippen LogP contribution is -2.44. The number of carbonyl (C=O) groups is 1. The number of likely N-dealkylation sites (N-methyl/N-ethyl adjacent to an activating group) is 1. The number of nitrogens with one attached hydrogen (secondary N) is 2. The first kappa shape index (κ1) is 30.3. The van der Waals surface area contributed by atoms with Crippen LogP contribution in [0, 0.1) is 17.6 Å². The number of hydrogen-bond acceptors (Lipinski definition) is 6. The van der Waals surface area contributed by atoms with Crippen molar-refractivity contribution in [3.8, 4) is 11.1 Å². The fourth-order valence-corrected chi connectivity index (χ4v) is 6.81. The number of carbonyl (C=O) groups excluding carboxylic acids is 1. The quantitative estimate of drug-likeness (QED) is 0.290. The highest BCUT2D eigenvalue weighted by molar-refractivity contribution is 6.15. The topological polar surface area (TPSA) is 85.9 Å². The molecular formula is C36H38F2N6O2. The lowest BCUT2D eigenvalue weighted by atomic mass is 9.89. The molecule has 10 heteroatoms. The molecule has 3 aliphatic heterocycles. The van der Waals surface area contributed by atoms with Crippen molar-refractivity contribution >= 4 is 17.4 Å². The number of fused-ring (bicyclic) bond motifs is 1. The van der Waals surface area contributed by atoms with E-state index in [2.05, 4.69) is 44.5 Å². The fraction of sp³-hybridized carbons (Fsp3) is 0.361. The molecule has 0 spiro atoms. The summed E-state index contributed by atoms with van der Waals surface area (Å²) in [6.45, 7) is 5.86. The first-order valence-corrected chi connectivity index (χ1v) is 16.0. The van der Waals surface area contributed by atoms with Crippen LogP contribution in [-0.2, 0) is 24.1 Å². The van der Waals surface area contributed by atoms with Crippen LogP contribution in [0.2, 0.25) is 0 Å². The number of amidine groups is 1. The van der Waals surface area contributed by atoms with Crippen molar-refractivity contribution in [3.05, 3.63) is 106 Å². The molecule has 0 unspecified atom stereocenters. The van der Waals surface area contributed by atoms with Crippen LogP contribution in [-0.4, -0.2) is 73.3 Å². The minimum absolute atomic E-state index is 0.189. The third-order valence-electron chi connectivity index (χ3n) is 9.40. The van der Waals surface area contributed by atoms with Crippen molar-refractivity contribution in [1.29, 1.82) is 0 Å². The minimum Gasteiger partial charge on any atom is -0.381 e. The second-order valence-corrected chi connectivity index (χ2v) is 12.6.